The summed E-state index contributed by atoms with van der Waals surface area (Å²) in [5.74, 6) is 0. The predicted octanol–water partition coefficient (Wildman–Crippen LogP) is 1.38. The van der Waals surface area contributed by atoms with Gasteiger partial charge in [-0.1, -0.05) is 22.6 Å². The van der Waals surface area contributed by atoms with E-state index in [1.807, 2.05) is 6.92 Å². The topological polar surface area (TPSA) is 29.3 Å². The van der Waals surface area contributed by atoms with Gasteiger partial charge in [0.25, 0.3) is 0 Å². The fourth-order valence-corrected chi connectivity index (χ4v) is 1.97. The molecular formula is C4H10I2N2. The third kappa shape index (κ3) is 4.28. The number of hydrogen-bond donors (Lipinski definition) is 1. The second-order valence-electron chi connectivity index (χ2n) is 1.55. The van der Waals surface area contributed by atoms with Crippen molar-refractivity contribution in [3.05, 3.63) is 0 Å². The molecule has 0 aromatic carbocycles. The number of alkyl halides is 1. The van der Waals surface area contributed by atoms with Crippen LogP contribution in [0.4, 0.5) is 0 Å². The summed E-state index contributed by atoms with van der Waals surface area (Å²) >= 11 is 4.57. The summed E-state index contributed by atoms with van der Waals surface area (Å²) < 4.78 is 3.23. The molecule has 4 heteroatoms. The zero-order chi connectivity index (χ0) is 6.57. The van der Waals surface area contributed by atoms with Crippen LogP contribution in [0.25, 0.3) is 0 Å². The van der Waals surface area contributed by atoms with E-state index < -0.39 is 0 Å². The first-order valence-electron chi connectivity index (χ1n) is 2.42. The average Bonchev–Trinajstić information content (AvgIpc) is 1.67. The van der Waals surface area contributed by atoms with Crippen molar-refractivity contribution in [1.29, 1.82) is 0 Å². The van der Waals surface area contributed by atoms with E-state index in [2.05, 4.69) is 48.6 Å². The molecule has 0 heterocycles. The van der Waals surface area contributed by atoms with Crippen LogP contribution in [0.1, 0.15) is 6.92 Å². The summed E-state index contributed by atoms with van der Waals surface area (Å²) in [5.41, 5.74) is 5.54. The molecular weight excluding hydrogens is 330 g/mol. The van der Waals surface area contributed by atoms with E-state index in [0.717, 1.165) is 11.0 Å². The van der Waals surface area contributed by atoms with Gasteiger partial charge in [-0.2, -0.15) is 0 Å². The lowest BCUT2D eigenvalue weighted by Crippen LogP contribution is -2.32. The second-order valence-corrected chi connectivity index (χ2v) is 3.87. The molecule has 0 aliphatic heterocycles. The third-order valence-electron chi connectivity index (χ3n) is 0.740. The summed E-state index contributed by atoms with van der Waals surface area (Å²) in [6, 6.07) is 0. The van der Waals surface area contributed by atoms with Gasteiger partial charge >= 0.3 is 0 Å². The molecule has 0 saturated carbocycles. The molecule has 2 N–H and O–H groups in total. The maximum atomic E-state index is 5.54. The van der Waals surface area contributed by atoms with Gasteiger partial charge in [0.1, 0.15) is 0 Å². The van der Waals surface area contributed by atoms with Gasteiger partial charge < -0.3 is 5.73 Å². The van der Waals surface area contributed by atoms with E-state index in [1.165, 1.54) is 0 Å². The van der Waals surface area contributed by atoms with Crippen molar-refractivity contribution in [3.8, 4) is 0 Å². The first-order chi connectivity index (χ1) is 3.68. The molecule has 50 valence electrons. The van der Waals surface area contributed by atoms with Crippen molar-refractivity contribution < 1.29 is 0 Å². The molecule has 0 radical (unpaired) electrons. The quantitative estimate of drug-likeness (QED) is 0.364. The van der Waals surface area contributed by atoms with E-state index in [-0.39, 0.29) is 6.17 Å². The Morgan fingerprint density at radius 1 is 1.75 bits per heavy atom. The molecule has 0 aromatic rings. The smallest absolute Gasteiger partial charge is 0.0635 e. The Labute approximate surface area is 77.8 Å². The van der Waals surface area contributed by atoms with Gasteiger partial charge in [0, 0.05) is 33.8 Å². The summed E-state index contributed by atoms with van der Waals surface area (Å²) in [7, 11) is 0. The Bertz CT molecular complexity index is 58.0. The largest absolute Gasteiger partial charge is 0.315 e. The predicted molar refractivity (Wildman–Crippen MR) is 53.3 cm³/mol. The molecule has 0 amide bonds. The van der Waals surface area contributed by atoms with Crippen LogP contribution in [-0.2, 0) is 0 Å². The van der Waals surface area contributed by atoms with Crippen LogP contribution in [0.2, 0.25) is 0 Å². The van der Waals surface area contributed by atoms with Crippen LogP contribution in [-0.4, -0.2) is 20.3 Å². The molecule has 1 atom stereocenters. The van der Waals surface area contributed by atoms with Crippen molar-refractivity contribution in [2.45, 2.75) is 13.1 Å². The van der Waals surface area contributed by atoms with Gasteiger partial charge in [0.2, 0.25) is 0 Å². The minimum Gasteiger partial charge on any atom is -0.315 e. The third-order valence-corrected chi connectivity index (χ3v) is 2.58. The highest BCUT2D eigenvalue weighted by Crippen LogP contribution is 2.01. The maximum Gasteiger partial charge on any atom is 0.0635 e. The lowest BCUT2D eigenvalue weighted by Gasteiger charge is -2.15. The monoisotopic (exact) mass is 340 g/mol. The molecule has 0 aliphatic carbocycles. The van der Waals surface area contributed by atoms with Crippen molar-refractivity contribution in [3.63, 3.8) is 0 Å². The maximum absolute atomic E-state index is 5.54. The lowest BCUT2D eigenvalue weighted by atomic mass is 10.6. The van der Waals surface area contributed by atoms with Crippen molar-refractivity contribution in [2.75, 3.05) is 11.0 Å². The van der Waals surface area contributed by atoms with E-state index in [1.54, 1.807) is 0 Å². The minimum atomic E-state index is 0.186. The van der Waals surface area contributed by atoms with Crippen molar-refractivity contribution in [1.82, 2.24) is 3.11 Å². The molecule has 0 saturated heterocycles. The highest BCUT2D eigenvalue weighted by atomic mass is 127. The second kappa shape index (κ2) is 5.19. The minimum absolute atomic E-state index is 0.186. The number of hydrogen-bond acceptors (Lipinski definition) is 2. The zero-order valence-electron chi connectivity index (χ0n) is 4.77. The van der Waals surface area contributed by atoms with Gasteiger partial charge in [0.05, 0.1) is 6.17 Å². The highest BCUT2D eigenvalue weighted by Gasteiger charge is 2.01. The Hall–Kier alpha value is 1.38. The van der Waals surface area contributed by atoms with Crippen LogP contribution in [0.15, 0.2) is 0 Å². The average molecular weight is 340 g/mol. The van der Waals surface area contributed by atoms with Gasteiger partial charge in [-0.3, -0.25) is 0 Å². The number of nitrogens with zero attached hydrogens (tertiary/aromatic N) is 1. The fraction of sp³-hybridized carbons (Fsp3) is 1.00. The van der Waals surface area contributed by atoms with Crippen LogP contribution in [0.3, 0.4) is 0 Å². The van der Waals surface area contributed by atoms with Gasteiger partial charge in [-0.05, 0) is 6.92 Å². The molecule has 1 unspecified atom stereocenters. The zero-order valence-corrected chi connectivity index (χ0v) is 9.09. The Morgan fingerprint density at radius 3 is 2.38 bits per heavy atom. The first kappa shape index (κ1) is 9.38. The fourth-order valence-electron chi connectivity index (χ4n) is 0.284. The summed E-state index contributed by atoms with van der Waals surface area (Å²) in [6.45, 7) is 3.05. The van der Waals surface area contributed by atoms with Crippen LogP contribution in [0.5, 0.6) is 0 Å². The normalized spacial score (nSPS) is 14.6. The highest BCUT2D eigenvalue weighted by molar-refractivity contribution is 14.1. The summed E-state index contributed by atoms with van der Waals surface area (Å²) in [5, 5.41) is 0. The summed E-state index contributed by atoms with van der Waals surface area (Å²) in [6.07, 6.45) is 0.186. The first-order valence-corrected chi connectivity index (χ1v) is 4.91. The summed E-state index contributed by atoms with van der Waals surface area (Å²) in [4.78, 5) is 0. The molecule has 0 spiro atoms. The Balaban J connectivity index is 3.17. The SMILES string of the molecule is CC(N)N(I)CCI. The molecule has 0 fully saturated rings. The molecule has 2 nitrogen and oxygen atoms in total. The van der Waals surface area contributed by atoms with Gasteiger partial charge in [-0.25, -0.2) is 3.11 Å². The number of halogens is 2. The van der Waals surface area contributed by atoms with Gasteiger partial charge in [-0.15, -0.1) is 0 Å². The standard InChI is InChI=1S/C4H10I2N2/c1-4(7)8(6)3-2-5/h4H,2-3,7H2,1H3. The molecule has 0 rings (SSSR count). The van der Waals surface area contributed by atoms with Crippen LogP contribution in [0, 0.1) is 0 Å². The van der Waals surface area contributed by atoms with Crippen LogP contribution >= 0.6 is 45.5 Å². The Kier molecular flexibility index (Phi) is 6.08. The van der Waals surface area contributed by atoms with E-state index in [4.69, 9.17) is 5.73 Å². The molecule has 0 aliphatic rings. The van der Waals surface area contributed by atoms with E-state index in [9.17, 15) is 0 Å². The Morgan fingerprint density at radius 2 is 2.25 bits per heavy atom. The molecule has 0 aromatic heterocycles. The van der Waals surface area contributed by atoms with Gasteiger partial charge in [0.15, 0.2) is 0 Å². The lowest BCUT2D eigenvalue weighted by molar-refractivity contribution is 0.439. The number of rotatable bonds is 3. The van der Waals surface area contributed by atoms with Crippen molar-refractivity contribution >= 4 is 45.5 Å². The van der Waals surface area contributed by atoms with E-state index >= 15 is 0 Å². The van der Waals surface area contributed by atoms with Crippen LogP contribution < -0.4 is 5.73 Å². The number of nitrogens with two attached hydrogens (primary N) is 1. The van der Waals surface area contributed by atoms with Crippen molar-refractivity contribution in [2.24, 2.45) is 5.73 Å². The molecule has 8 heavy (non-hydrogen) atoms. The molecule has 0 bridgehead atoms. The van der Waals surface area contributed by atoms with E-state index in [0.29, 0.717) is 0 Å².